The van der Waals surface area contributed by atoms with Crippen LogP contribution in [0.1, 0.15) is 49.9 Å². The number of aliphatic hydroxyl groups excluding tert-OH is 1. The lowest BCUT2D eigenvalue weighted by Gasteiger charge is -2.28. The molecule has 162 valence electrons. The SMILES string of the molecule is CC(C)OCCOc1ncc(C(=O)N[C@@H]2CCCC[C@H]2O)cc1-c1ccc(Cl)cc1. The zero-order chi connectivity index (χ0) is 21.5. The van der Waals surface area contributed by atoms with Gasteiger partial charge in [-0.3, -0.25) is 4.79 Å². The largest absolute Gasteiger partial charge is 0.475 e. The van der Waals surface area contributed by atoms with Gasteiger partial charge in [0.25, 0.3) is 5.91 Å². The molecule has 30 heavy (non-hydrogen) atoms. The number of carbonyl (C=O) groups is 1. The summed E-state index contributed by atoms with van der Waals surface area (Å²) in [6.07, 6.45) is 4.60. The molecule has 1 fully saturated rings. The van der Waals surface area contributed by atoms with Crippen molar-refractivity contribution in [2.45, 2.75) is 57.8 Å². The van der Waals surface area contributed by atoms with Crippen molar-refractivity contribution < 1.29 is 19.4 Å². The van der Waals surface area contributed by atoms with Gasteiger partial charge < -0.3 is 19.9 Å². The smallest absolute Gasteiger partial charge is 0.253 e. The van der Waals surface area contributed by atoms with E-state index in [1.54, 1.807) is 18.2 Å². The summed E-state index contributed by atoms with van der Waals surface area (Å²) in [6.45, 7) is 4.73. The van der Waals surface area contributed by atoms with E-state index in [0.717, 1.165) is 24.8 Å². The quantitative estimate of drug-likeness (QED) is 0.610. The van der Waals surface area contributed by atoms with Crippen molar-refractivity contribution in [3.63, 3.8) is 0 Å². The van der Waals surface area contributed by atoms with E-state index in [1.807, 2.05) is 26.0 Å². The molecule has 0 radical (unpaired) electrons. The molecule has 1 aromatic carbocycles. The Morgan fingerprint density at radius 1 is 1.23 bits per heavy atom. The minimum absolute atomic E-state index is 0.124. The first-order valence-corrected chi connectivity index (χ1v) is 10.8. The molecular formula is C23H29ClN2O4. The number of aliphatic hydroxyl groups is 1. The fourth-order valence-electron chi connectivity index (χ4n) is 3.48. The molecule has 1 heterocycles. The van der Waals surface area contributed by atoms with Crippen LogP contribution < -0.4 is 10.1 Å². The molecule has 0 aliphatic heterocycles. The summed E-state index contributed by atoms with van der Waals surface area (Å²) in [6, 6.07) is 8.84. The first kappa shape index (κ1) is 22.5. The molecule has 1 saturated carbocycles. The highest BCUT2D eigenvalue weighted by atomic mass is 35.5. The van der Waals surface area contributed by atoms with Crippen molar-refractivity contribution >= 4 is 17.5 Å². The van der Waals surface area contributed by atoms with Crippen molar-refractivity contribution in [3.05, 3.63) is 47.1 Å². The second-order valence-electron chi connectivity index (χ2n) is 7.78. The summed E-state index contributed by atoms with van der Waals surface area (Å²) >= 11 is 6.02. The highest BCUT2D eigenvalue weighted by molar-refractivity contribution is 6.30. The monoisotopic (exact) mass is 432 g/mol. The van der Waals surface area contributed by atoms with Gasteiger partial charge in [-0.1, -0.05) is 36.6 Å². The molecule has 2 aromatic rings. The number of hydrogen-bond acceptors (Lipinski definition) is 5. The number of rotatable bonds is 8. The summed E-state index contributed by atoms with van der Waals surface area (Å²) < 4.78 is 11.4. The number of nitrogens with zero attached hydrogens (tertiary/aromatic N) is 1. The molecule has 0 saturated heterocycles. The third kappa shape index (κ3) is 6.17. The molecule has 7 heteroatoms. The number of ether oxygens (including phenoxy) is 2. The van der Waals surface area contributed by atoms with Gasteiger partial charge in [0.15, 0.2) is 0 Å². The van der Waals surface area contributed by atoms with E-state index in [-0.39, 0.29) is 18.1 Å². The molecule has 1 aromatic heterocycles. The fourth-order valence-corrected chi connectivity index (χ4v) is 3.61. The zero-order valence-corrected chi connectivity index (χ0v) is 18.2. The van der Waals surface area contributed by atoms with Gasteiger partial charge in [-0.15, -0.1) is 0 Å². The van der Waals surface area contributed by atoms with E-state index in [1.165, 1.54) is 6.20 Å². The predicted octanol–water partition coefficient (Wildman–Crippen LogP) is 4.24. The van der Waals surface area contributed by atoms with E-state index in [2.05, 4.69) is 10.3 Å². The van der Waals surface area contributed by atoms with Crippen molar-refractivity contribution in [1.29, 1.82) is 0 Å². The maximum absolute atomic E-state index is 12.8. The van der Waals surface area contributed by atoms with Crippen LogP contribution in [0.3, 0.4) is 0 Å². The lowest BCUT2D eigenvalue weighted by molar-refractivity contribution is 0.0543. The summed E-state index contributed by atoms with van der Waals surface area (Å²) in [5.41, 5.74) is 1.97. The molecule has 1 aliphatic carbocycles. The van der Waals surface area contributed by atoms with E-state index in [4.69, 9.17) is 21.1 Å². The second-order valence-corrected chi connectivity index (χ2v) is 8.22. The number of halogens is 1. The fraction of sp³-hybridized carbons (Fsp3) is 0.478. The van der Waals surface area contributed by atoms with Gasteiger partial charge in [-0.25, -0.2) is 4.98 Å². The lowest BCUT2D eigenvalue weighted by Crippen LogP contribution is -2.45. The Hall–Kier alpha value is -2.15. The molecule has 1 aliphatic rings. The summed E-state index contributed by atoms with van der Waals surface area (Å²) in [5.74, 6) is 0.178. The van der Waals surface area contributed by atoms with Crippen molar-refractivity contribution in [2.24, 2.45) is 0 Å². The van der Waals surface area contributed by atoms with Gasteiger partial charge in [-0.2, -0.15) is 0 Å². The van der Waals surface area contributed by atoms with Gasteiger partial charge in [-0.05, 0) is 50.5 Å². The summed E-state index contributed by atoms with van der Waals surface area (Å²) in [4.78, 5) is 17.2. The van der Waals surface area contributed by atoms with Gasteiger partial charge in [0, 0.05) is 16.8 Å². The van der Waals surface area contributed by atoms with Crippen molar-refractivity contribution in [3.8, 4) is 17.0 Å². The Morgan fingerprint density at radius 2 is 1.97 bits per heavy atom. The minimum Gasteiger partial charge on any atom is -0.475 e. The molecule has 0 spiro atoms. The van der Waals surface area contributed by atoms with Gasteiger partial charge in [0.2, 0.25) is 5.88 Å². The average molecular weight is 433 g/mol. The van der Waals surface area contributed by atoms with Crippen LogP contribution in [0, 0.1) is 0 Å². The third-order valence-corrected chi connectivity index (χ3v) is 5.34. The molecule has 1 amide bonds. The van der Waals surface area contributed by atoms with Crippen molar-refractivity contribution in [1.82, 2.24) is 10.3 Å². The predicted molar refractivity (Wildman–Crippen MR) is 117 cm³/mol. The van der Waals surface area contributed by atoms with Crippen LogP contribution in [0.5, 0.6) is 5.88 Å². The molecule has 3 rings (SSSR count). The summed E-state index contributed by atoms with van der Waals surface area (Å²) in [5, 5.41) is 13.7. The van der Waals surface area contributed by atoms with Gasteiger partial charge >= 0.3 is 0 Å². The standard InChI is InChI=1S/C23H29ClN2O4/c1-15(2)29-11-12-30-23-19(16-7-9-18(24)10-8-16)13-17(14-25-23)22(28)26-20-5-3-4-6-21(20)27/h7-10,13-15,20-21,27H,3-6,11-12H2,1-2H3,(H,26,28)/t20-,21-/m1/s1. The van der Waals surface area contributed by atoms with E-state index in [0.29, 0.717) is 41.7 Å². The Balaban J connectivity index is 1.80. The number of carbonyl (C=O) groups excluding carboxylic acids is 1. The Bertz CT molecular complexity index is 842. The zero-order valence-electron chi connectivity index (χ0n) is 17.4. The maximum Gasteiger partial charge on any atom is 0.253 e. The number of benzene rings is 1. The number of aromatic nitrogens is 1. The van der Waals surface area contributed by atoms with Gasteiger partial charge in [0.1, 0.15) is 6.61 Å². The number of hydrogen-bond donors (Lipinski definition) is 2. The van der Waals surface area contributed by atoms with Crippen LogP contribution >= 0.6 is 11.6 Å². The second kappa shape index (κ2) is 10.8. The van der Waals surface area contributed by atoms with Crippen LogP contribution in [0.25, 0.3) is 11.1 Å². The van der Waals surface area contributed by atoms with Gasteiger partial charge in [0.05, 0.1) is 30.4 Å². The number of pyridine rings is 1. The topological polar surface area (TPSA) is 80.7 Å². The highest BCUT2D eigenvalue weighted by Gasteiger charge is 2.25. The molecule has 6 nitrogen and oxygen atoms in total. The average Bonchev–Trinajstić information content (AvgIpc) is 2.73. The third-order valence-electron chi connectivity index (χ3n) is 5.09. The van der Waals surface area contributed by atoms with E-state index >= 15 is 0 Å². The van der Waals surface area contributed by atoms with Crippen LogP contribution in [-0.2, 0) is 4.74 Å². The van der Waals surface area contributed by atoms with Crippen molar-refractivity contribution in [2.75, 3.05) is 13.2 Å². The van der Waals surface area contributed by atoms with Crippen LogP contribution in [0.4, 0.5) is 0 Å². The Kier molecular flexibility index (Phi) is 8.08. The lowest BCUT2D eigenvalue weighted by atomic mass is 9.92. The van der Waals surface area contributed by atoms with Crippen LogP contribution in [0.2, 0.25) is 5.02 Å². The minimum atomic E-state index is -0.505. The normalized spacial score (nSPS) is 19.0. The Labute approximate surface area is 182 Å². The van der Waals surface area contributed by atoms with Crippen LogP contribution in [-0.4, -0.2) is 47.5 Å². The molecule has 2 N–H and O–H groups in total. The molecular weight excluding hydrogens is 404 g/mol. The van der Waals surface area contributed by atoms with E-state index < -0.39 is 6.10 Å². The molecule has 0 bridgehead atoms. The van der Waals surface area contributed by atoms with E-state index in [9.17, 15) is 9.90 Å². The maximum atomic E-state index is 12.8. The Morgan fingerprint density at radius 3 is 2.67 bits per heavy atom. The number of nitrogens with one attached hydrogen (secondary N) is 1. The van der Waals surface area contributed by atoms with Crippen LogP contribution in [0.15, 0.2) is 36.5 Å². The molecule has 2 atom stereocenters. The number of amides is 1. The first-order chi connectivity index (χ1) is 14.4. The highest BCUT2D eigenvalue weighted by Crippen LogP contribution is 2.30. The first-order valence-electron chi connectivity index (χ1n) is 10.4. The summed E-state index contributed by atoms with van der Waals surface area (Å²) in [7, 11) is 0. The molecule has 0 unspecified atom stereocenters.